The highest BCUT2D eigenvalue weighted by molar-refractivity contribution is 5.93. The van der Waals surface area contributed by atoms with Gasteiger partial charge in [0.15, 0.2) is 0 Å². The summed E-state index contributed by atoms with van der Waals surface area (Å²) >= 11 is 0. The topological polar surface area (TPSA) is 50.2 Å². The summed E-state index contributed by atoms with van der Waals surface area (Å²) in [4.78, 5) is 14.7. The van der Waals surface area contributed by atoms with Crippen LogP contribution in [0.3, 0.4) is 0 Å². The van der Waals surface area contributed by atoms with Crippen LogP contribution >= 0.6 is 0 Å². The molecule has 0 aliphatic carbocycles. The van der Waals surface area contributed by atoms with Crippen molar-refractivity contribution >= 4 is 5.91 Å². The van der Waals surface area contributed by atoms with Crippen molar-refractivity contribution in [2.24, 2.45) is 5.92 Å². The first-order valence-electron chi connectivity index (χ1n) is 9.27. The lowest BCUT2D eigenvalue weighted by Crippen LogP contribution is -2.36. The maximum atomic E-state index is 12.2. The summed E-state index contributed by atoms with van der Waals surface area (Å²) < 4.78 is 1.80. The molecule has 1 aromatic carbocycles. The van der Waals surface area contributed by atoms with Crippen molar-refractivity contribution in [3.63, 3.8) is 0 Å². The summed E-state index contributed by atoms with van der Waals surface area (Å²) in [5.74, 6) is 0.769. The maximum absolute atomic E-state index is 12.2. The fourth-order valence-corrected chi connectivity index (χ4v) is 3.43. The SMILES string of the molecule is CC1CCCN(CCCNC(=O)c2cnn(Cc3ccccc3)c2)C1. The van der Waals surface area contributed by atoms with Gasteiger partial charge in [-0.15, -0.1) is 0 Å². The number of nitrogens with one attached hydrogen (secondary N) is 1. The summed E-state index contributed by atoms with van der Waals surface area (Å²) in [6.07, 6.45) is 7.10. The summed E-state index contributed by atoms with van der Waals surface area (Å²) in [6, 6.07) is 10.1. The Labute approximate surface area is 150 Å². The Morgan fingerprint density at radius 3 is 2.96 bits per heavy atom. The van der Waals surface area contributed by atoms with Gasteiger partial charge in [-0.1, -0.05) is 37.3 Å². The predicted molar refractivity (Wildman–Crippen MR) is 99.6 cm³/mol. The van der Waals surface area contributed by atoms with Crippen molar-refractivity contribution in [3.8, 4) is 0 Å². The Morgan fingerprint density at radius 2 is 2.16 bits per heavy atom. The van der Waals surface area contributed by atoms with E-state index in [9.17, 15) is 4.79 Å². The molecule has 1 fully saturated rings. The second-order valence-electron chi connectivity index (χ2n) is 7.07. The van der Waals surface area contributed by atoms with Crippen LogP contribution in [0, 0.1) is 5.92 Å². The molecule has 0 radical (unpaired) electrons. The van der Waals surface area contributed by atoms with Gasteiger partial charge in [-0.2, -0.15) is 5.10 Å². The minimum absolute atomic E-state index is 0.0358. The molecule has 1 aliphatic rings. The average molecular weight is 340 g/mol. The molecule has 0 spiro atoms. The fourth-order valence-electron chi connectivity index (χ4n) is 3.43. The van der Waals surface area contributed by atoms with Gasteiger partial charge < -0.3 is 10.2 Å². The van der Waals surface area contributed by atoms with Crippen LogP contribution in [0.25, 0.3) is 0 Å². The number of rotatable bonds is 7. The van der Waals surface area contributed by atoms with Crippen LogP contribution < -0.4 is 5.32 Å². The first-order chi connectivity index (χ1) is 12.2. The monoisotopic (exact) mass is 340 g/mol. The molecule has 1 saturated heterocycles. The van der Waals surface area contributed by atoms with Gasteiger partial charge in [0.1, 0.15) is 0 Å². The third-order valence-electron chi connectivity index (χ3n) is 4.76. The van der Waals surface area contributed by atoms with Crippen LogP contribution in [-0.4, -0.2) is 46.8 Å². The van der Waals surface area contributed by atoms with E-state index in [4.69, 9.17) is 0 Å². The lowest BCUT2D eigenvalue weighted by Gasteiger charge is -2.30. The van der Waals surface area contributed by atoms with Crippen LogP contribution in [0.4, 0.5) is 0 Å². The number of carbonyl (C=O) groups excluding carboxylic acids is 1. The molecule has 0 bridgehead atoms. The lowest BCUT2D eigenvalue weighted by molar-refractivity contribution is 0.0950. The smallest absolute Gasteiger partial charge is 0.254 e. The van der Waals surface area contributed by atoms with Crippen LogP contribution in [0.2, 0.25) is 0 Å². The Bertz CT molecular complexity index is 667. The largest absolute Gasteiger partial charge is 0.352 e. The Morgan fingerprint density at radius 1 is 1.32 bits per heavy atom. The van der Waals surface area contributed by atoms with E-state index in [1.807, 2.05) is 24.4 Å². The molecule has 5 nitrogen and oxygen atoms in total. The van der Waals surface area contributed by atoms with Crippen LogP contribution in [0.1, 0.15) is 42.1 Å². The molecule has 25 heavy (non-hydrogen) atoms. The fraction of sp³-hybridized carbons (Fsp3) is 0.500. The van der Waals surface area contributed by atoms with Gasteiger partial charge in [0.2, 0.25) is 0 Å². The van der Waals surface area contributed by atoms with Crippen molar-refractivity contribution in [1.82, 2.24) is 20.0 Å². The highest BCUT2D eigenvalue weighted by Crippen LogP contribution is 2.15. The van der Waals surface area contributed by atoms with Crippen molar-refractivity contribution < 1.29 is 4.79 Å². The van der Waals surface area contributed by atoms with E-state index in [1.54, 1.807) is 10.9 Å². The number of carbonyl (C=O) groups is 1. The first-order valence-corrected chi connectivity index (χ1v) is 9.27. The number of hydrogen-bond donors (Lipinski definition) is 1. The van der Waals surface area contributed by atoms with Gasteiger partial charge in [0.05, 0.1) is 18.3 Å². The Kier molecular flexibility index (Phi) is 6.23. The molecule has 2 heterocycles. The molecular formula is C20H28N4O. The van der Waals surface area contributed by atoms with Crippen LogP contribution in [0.15, 0.2) is 42.7 Å². The van der Waals surface area contributed by atoms with E-state index in [1.165, 1.54) is 31.5 Å². The van der Waals surface area contributed by atoms with E-state index >= 15 is 0 Å². The minimum atomic E-state index is -0.0358. The van der Waals surface area contributed by atoms with Gasteiger partial charge >= 0.3 is 0 Å². The molecule has 5 heteroatoms. The second kappa shape index (κ2) is 8.81. The van der Waals surface area contributed by atoms with Crippen LogP contribution in [-0.2, 0) is 6.54 Å². The molecule has 134 valence electrons. The molecular weight excluding hydrogens is 312 g/mol. The summed E-state index contributed by atoms with van der Waals surface area (Å²) in [7, 11) is 0. The number of nitrogens with zero attached hydrogens (tertiary/aromatic N) is 3. The van der Waals surface area contributed by atoms with Gasteiger partial charge in [-0.05, 0) is 43.8 Å². The number of amides is 1. The van der Waals surface area contributed by atoms with Gasteiger partial charge in [-0.25, -0.2) is 0 Å². The van der Waals surface area contributed by atoms with Crippen molar-refractivity contribution in [2.45, 2.75) is 32.7 Å². The normalized spacial score (nSPS) is 18.2. The number of benzene rings is 1. The number of piperidine rings is 1. The zero-order valence-electron chi connectivity index (χ0n) is 15.0. The first kappa shape index (κ1) is 17.7. The van der Waals surface area contributed by atoms with E-state index in [2.05, 4.69) is 34.4 Å². The second-order valence-corrected chi connectivity index (χ2v) is 7.07. The predicted octanol–water partition coefficient (Wildman–Crippen LogP) is 2.78. The van der Waals surface area contributed by atoms with Gasteiger partial charge in [-0.3, -0.25) is 9.48 Å². The minimum Gasteiger partial charge on any atom is -0.352 e. The maximum Gasteiger partial charge on any atom is 0.254 e. The molecule has 0 saturated carbocycles. The van der Waals surface area contributed by atoms with E-state index in [0.717, 1.165) is 18.9 Å². The molecule has 1 aliphatic heterocycles. The average Bonchev–Trinajstić information content (AvgIpc) is 3.08. The van der Waals surface area contributed by atoms with Crippen molar-refractivity contribution in [2.75, 3.05) is 26.2 Å². The highest BCUT2D eigenvalue weighted by atomic mass is 16.1. The molecule has 1 amide bonds. The van der Waals surface area contributed by atoms with E-state index in [0.29, 0.717) is 18.7 Å². The third-order valence-corrected chi connectivity index (χ3v) is 4.76. The molecule has 1 unspecified atom stereocenters. The number of aromatic nitrogens is 2. The third kappa shape index (κ3) is 5.43. The van der Waals surface area contributed by atoms with E-state index in [-0.39, 0.29) is 5.91 Å². The molecule has 2 aromatic rings. The standard InChI is InChI=1S/C20H28N4O/c1-17-7-5-11-23(14-17)12-6-10-21-20(25)19-13-22-24(16-19)15-18-8-3-2-4-9-18/h2-4,8-9,13,16-17H,5-7,10-12,14-15H2,1H3,(H,21,25). The van der Waals surface area contributed by atoms with Gasteiger partial charge in [0.25, 0.3) is 5.91 Å². The highest BCUT2D eigenvalue weighted by Gasteiger charge is 2.15. The quantitative estimate of drug-likeness (QED) is 0.789. The lowest BCUT2D eigenvalue weighted by atomic mass is 10.0. The zero-order chi connectivity index (χ0) is 17.5. The molecule has 1 N–H and O–H groups in total. The zero-order valence-corrected chi connectivity index (χ0v) is 15.0. The van der Waals surface area contributed by atoms with Crippen molar-refractivity contribution in [1.29, 1.82) is 0 Å². The summed E-state index contributed by atoms with van der Waals surface area (Å²) in [6.45, 7) is 7.18. The number of likely N-dealkylation sites (tertiary alicyclic amines) is 1. The molecule has 3 rings (SSSR count). The summed E-state index contributed by atoms with van der Waals surface area (Å²) in [5.41, 5.74) is 1.80. The van der Waals surface area contributed by atoms with E-state index < -0.39 is 0 Å². The summed E-state index contributed by atoms with van der Waals surface area (Å²) in [5, 5.41) is 7.30. The number of hydrogen-bond acceptors (Lipinski definition) is 3. The molecule has 1 aromatic heterocycles. The van der Waals surface area contributed by atoms with Crippen LogP contribution in [0.5, 0.6) is 0 Å². The van der Waals surface area contributed by atoms with Gasteiger partial charge in [0, 0.05) is 19.3 Å². The Balaban J connectivity index is 1.40. The Hall–Kier alpha value is -2.14. The molecule has 1 atom stereocenters. The van der Waals surface area contributed by atoms with Crippen molar-refractivity contribution in [3.05, 3.63) is 53.9 Å².